The SMILES string of the molecule is CC1=C(/C=C/C(=O)N2CCCC2)CCc2ccccc21. The summed E-state index contributed by atoms with van der Waals surface area (Å²) < 4.78 is 0. The molecule has 0 spiro atoms. The van der Waals surface area contributed by atoms with Gasteiger partial charge < -0.3 is 4.90 Å². The number of carbonyl (C=O) groups is 1. The molecule has 1 amide bonds. The highest BCUT2D eigenvalue weighted by molar-refractivity contribution is 5.89. The minimum absolute atomic E-state index is 0.168. The summed E-state index contributed by atoms with van der Waals surface area (Å²) in [7, 11) is 0. The maximum absolute atomic E-state index is 12.1. The number of carbonyl (C=O) groups excluding carboxylic acids is 1. The third kappa shape index (κ3) is 2.55. The number of fused-ring (bicyclic) bond motifs is 1. The number of amides is 1. The molecule has 1 aliphatic carbocycles. The van der Waals surface area contributed by atoms with Crippen molar-refractivity contribution >= 4 is 11.5 Å². The zero-order valence-electron chi connectivity index (χ0n) is 12.1. The van der Waals surface area contributed by atoms with E-state index in [0.29, 0.717) is 0 Å². The Morgan fingerprint density at radius 1 is 1.15 bits per heavy atom. The van der Waals surface area contributed by atoms with Crippen LogP contribution in [0.2, 0.25) is 0 Å². The first-order valence-corrected chi connectivity index (χ1v) is 7.51. The van der Waals surface area contributed by atoms with Crippen LogP contribution in [0.1, 0.15) is 37.3 Å². The van der Waals surface area contributed by atoms with E-state index in [1.54, 1.807) is 6.08 Å². The molecule has 1 heterocycles. The Kier molecular flexibility index (Phi) is 3.72. The van der Waals surface area contributed by atoms with Gasteiger partial charge in [0.1, 0.15) is 0 Å². The topological polar surface area (TPSA) is 20.3 Å². The molecule has 2 heteroatoms. The molecule has 0 bridgehead atoms. The fourth-order valence-corrected chi connectivity index (χ4v) is 3.16. The van der Waals surface area contributed by atoms with Gasteiger partial charge in [0.15, 0.2) is 0 Å². The number of aryl methyl sites for hydroxylation is 1. The van der Waals surface area contributed by atoms with E-state index in [9.17, 15) is 4.79 Å². The van der Waals surface area contributed by atoms with E-state index in [4.69, 9.17) is 0 Å². The first-order chi connectivity index (χ1) is 9.75. The minimum Gasteiger partial charge on any atom is -0.339 e. The third-order valence-electron chi connectivity index (χ3n) is 4.41. The minimum atomic E-state index is 0.168. The van der Waals surface area contributed by atoms with Crippen LogP contribution in [0, 0.1) is 0 Å². The molecule has 0 aromatic heterocycles. The molecular formula is C18H21NO. The molecule has 0 radical (unpaired) electrons. The molecule has 3 rings (SSSR count). The van der Waals surface area contributed by atoms with Crippen molar-refractivity contribution in [3.63, 3.8) is 0 Å². The van der Waals surface area contributed by atoms with Crippen molar-refractivity contribution in [1.29, 1.82) is 0 Å². The number of rotatable bonds is 2. The summed E-state index contributed by atoms with van der Waals surface area (Å²) in [5, 5.41) is 0. The fraction of sp³-hybridized carbons (Fsp3) is 0.389. The van der Waals surface area contributed by atoms with Gasteiger partial charge in [0.2, 0.25) is 5.91 Å². The molecule has 104 valence electrons. The molecule has 1 aromatic rings. The molecular weight excluding hydrogens is 246 g/mol. The predicted molar refractivity (Wildman–Crippen MR) is 82.3 cm³/mol. The number of allylic oxidation sites excluding steroid dienone is 3. The Morgan fingerprint density at radius 3 is 2.70 bits per heavy atom. The first kappa shape index (κ1) is 13.2. The highest BCUT2D eigenvalue weighted by atomic mass is 16.2. The molecule has 0 N–H and O–H groups in total. The van der Waals surface area contributed by atoms with Gasteiger partial charge in [0.25, 0.3) is 0 Å². The second kappa shape index (κ2) is 5.66. The summed E-state index contributed by atoms with van der Waals surface area (Å²) in [5.41, 5.74) is 5.38. The van der Waals surface area contributed by atoms with Crippen molar-refractivity contribution in [2.75, 3.05) is 13.1 Å². The Balaban J connectivity index is 1.79. The predicted octanol–water partition coefficient (Wildman–Crippen LogP) is 3.58. The molecule has 1 aromatic carbocycles. The van der Waals surface area contributed by atoms with Crippen LogP contribution in [0.4, 0.5) is 0 Å². The number of likely N-dealkylation sites (tertiary alicyclic amines) is 1. The third-order valence-corrected chi connectivity index (χ3v) is 4.41. The molecule has 2 nitrogen and oxygen atoms in total. The standard InChI is InChI=1S/C18H21NO/c1-14-15(8-9-16-6-2-3-7-17(14)16)10-11-18(20)19-12-4-5-13-19/h2-3,6-7,10-11H,4-5,8-9,12-13H2,1H3/b11-10+. The van der Waals surface area contributed by atoms with E-state index >= 15 is 0 Å². The Labute approximate surface area is 120 Å². The molecule has 1 saturated heterocycles. The van der Waals surface area contributed by atoms with Crippen molar-refractivity contribution in [3.8, 4) is 0 Å². The summed E-state index contributed by atoms with van der Waals surface area (Å²) in [6, 6.07) is 8.57. The van der Waals surface area contributed by atoms with Crippen LogP contribution >= 0.6 is 0 Å². The second-order valence-corrected chi connectivity index (χ2v) is 5.67. The largest absolute Gasteiger partial charge is 0.339 e. The molecule has 2 aliphatic rings. The Morgan fingerprint density at radius 2 is 1.90 bits per heavy atom. The molecule has 1 aliphatic heterocycles. The van der Waals surface area contributed by atoms with Gasteiger partial charge >= 0.3 is 0 Å². The summed E-state index contributed by atoms with van der Waals surface area (Å²) in [6.07, 6.45) is 8.20. The quantitative estimate of drug-likeness (QED) is 0.750. The maximum Gasteiger partial charge on any atom is 0.246 e. The van der Waals surface area contributed by atoms with E-state index in [1.807, 2.05) is 11.0 Å². The summed E-state index contributed by atoms with van der Waals surface area (Å²) >= 11 is 0. The van der Waals surface area contributed by atoms with E-state index in [0.717, 1.165) is 38.8 Å². The van der Waals surface area contributed by atoms with Crippen LogP contribution in [-0.2, 0) is 11.2 Å². The lowest BCUT2D eigenvalue weighted by molar-refractivity contribution is -0.124. The van der Waals surface area contributed by atoms with Gasteiger partial charge in [-0.3, -0.25) is 4.79 Å². The lowest BCUT2D eigenvalue weighted by atomic mass is 9.86. The van der Waals surface area contributed by atoms with Gasteiger partial charge in [0.05, 0.1) is 0 Å². The summed E-state index contributed by atoms with van der Waals surface area (Å²) in [6.45, 7) is 4.01. The fourth-order valence-electron chi connectivity index (χ4n) is 3.16. The highest BCUT2D eigenvalue weighted by Gasteiger charge is 2.17. The second-order valence-electron chi connectivity index (χ2n) is 5.67. The lowest BCUT2D eigenvalue weighted by Gasteiger charge is -2.19. The maximum atomic E-state index is 12.1. The van der Waals surface area contributed by atoms with Gasteiger partial charge in [-0.2, -0.15) is 0 Å². The van der Waals surface area contributed by atoms with Crippen LogP contribution in [0.15, 0.2) is 42.0 Å². The summed E-state index contributed by atoms with van der Waals surface area (Å²) in [5.74, 6) is 0.168. The Hall–Kier alpha value is -1.83. The van der Waals surface area contributed by atoms with Crippen LogP contribution in [-0.4, -0.2) is 23.9 Å². The monoisotopic (exact) mass is 267 g/mol. The van der Waals surface area contributed by atoms with Crippen LogP contribution in [0.3, 0.4) is 0 Å². The molecule has 0 saturated carbocycles. The molecule has 1 fully saturated rings. The lowest BCUT2D eigenvalue weighted by Crippen LogP contribution is -2.25. The van der Waals surface area contributed by atoms with Crippen LogP contribution in [0.5, 0.6) is 0 Å². The van der Waals surface area contributed by atoms with E-state index in [2.05, 4.69) is 31.2 Å². The van der Waals surface area contributed by atoms with Crippen molar-refractivity contribution in [2.45, 2.75) is 32.6 Å². The van der Waals surface area contributed by atoms with Crippen molar-refractivity contribution in [3.05, 3.63) is 53.1 Å². The first-order valence-electron chi connectivity index (χ1n) is 7.51. The zero-order chi connectivity index (χ0) is 13.9. The zero-order valence-corrected chi connectivity index (χ0v) is 12.1. The van der Waals surface area contributed by atoms with Crippen molar-refractivity contribution in [2.24, 2.45) is 0 Å². The average Bonchev–Trinajstić information content (AvgIpc) is 3.01. The smallest absolute Gasteiger partial charge is 0.246 e. The van der Waals surface area contributed by atoms with Gasteiger partial charge in [-0.25, -0.2) is 0 Å². The molecule has 0 unspecified atom stereocenters. The normalized spacial score (nSPS) is 18.8. The van der Waals surface area contributed by atoms with Crippen molar-refractivity contribution in [1.82, 2.24) is 4.90 Å². The van der Waals surface area contributed by atoms with E-state index < -0.39 is 0 Å². The van der Waals surface area contributed by atoms with Gasteiger partial charge in [-0.05, 0) is 54.9 Å². The number of benzene rings is 1. The van der Waals surface area contributed by atoms with E-state index in [-0.39, 0.29) is 5.91 Å². The number of nitrogens with zero attached hydrogens (tertiary/aromatic N) is 1. The molecule has 20 heavy (non-hydrogen) atoms. The van der Waals surface area contributed by atoms with Gasteiger partial charge in [0, 0.05) is 19.2 Å². The van der Waals surface area contributed by atoms with Gasteiger partial charge in [-0.15, -0.1) is 0 Å². The average molecular weight is 267 g/mol. The van der Waals surface area contributed by atoms with Gasteiger partial charge in [-0.1, -0.05) is 30.3 Å². The van der Waals surface area contributed by atoms with Crippen LogP contribution in [0.25, 0.3) is 5.57 Å². The van der Waals surface area contributed by atoms with Crippen LogP contribution < -0.4 is 0 Å². The summed E-state index contributed by atoms with van der Waals surface area (Å²) in [4.78, 5) is 14.0. The number of hydrogen-bond donors (Lipinski definition) is 0. The van der Waals surface area contributed by atoms with E-state index in [1.165, 1.54) is 22.3 Å². The number of hydrogen-bond acceptors (Lipinski definition) is 1. The van der Waals surface area contributed by atoms with Crippen molar-refractivity contribution < 1.29 is 4.79 Å². The highest BCUT2D eigenvalue weighted by Crippen LogP contribution is 2.31. The molecule has 0 atom stereocenters. The Bertz CT molecular complexity index is 577.